The van der Waals surface area contributed by atoms with Crippen molar-refractivity contribution >= 4 is 80.8 Å². The summed E-state index contributed by atoms with van der Waals surface area (Å²) in [5.41, 5.74) is 9.75. The van der Waals surface area contributed by atoms with Crippen LogP contribution in [-0.4, -0.2) is 9.13 Å². The molecule has 7 aromatic carbocycles. The van der Waals surface area contributed by atoms with Gasteiger partial charge in [0, 0.05) is 42.9 Å². The molecule has 3 heterocycles. The first-order valence-corrected chi connectivity index (χ1v) is 16.9. The smallest absolute Gasteiger partial charge is 0.188 e. The summed E-state index contributed by atoms with van der Waals surface area (Å²) in [6.45, 7) is 7.63. The Kier molecular flexibility index (Phi) is 5.84. The molecule has 0 radical (unpaired) electrons. The molecule has 10 rings (SSSR count). The van der Waals surface area contributed by atoms with Crippen molar-refractivity contribution in [2.24, 2.45) is 0 Å². The third-order valence-corrected chi connectivity index (χ3v) is 10.9. The molecule has 0 unspecified atom stereocenters. The lowest BCUT2D eigenvalue weighted by atomic mass is 9.99. The molecular formula is C44H24N4S. The Hall–Kier alpha value is -6.66. The lowest BCUT2D eigenvalue weighted by molar-refractivity contribution is 1.18. The molecule has 3 aromatic heterocycles. The van der Waals surface area contributed by atoms with Gasteiger partial charge in [-0.15, -0.1) is 11.3 Å². The number of nitrogens with zero attached hydrogens (tertiary/aromatic N) is 4. The van der Waals surface area contributed by atoms with Crippen LogP contribution in [-0.2, 0) is 0 Å². The van der Waals surface area contributed by atoms with Gasteiger partial charge < -0.3 is 9.13 Å². The van der Waals surface area contributed by atoms with Gasteiger partial charge >= 0.3 is 0 Å². The van der Waals surface area contributed by atoms with Gasteiger partial charge in [0.25, 0.3) is 0 Å². The second-order valence-corrected chi connectivity index (χ2v) is 13.4. The third kappa shape index (κ3) is 3.95. The van der Waals surface area contributed by atoms with E-state index in [4.69, 9.17) is 6.57 Å². The van der Waals surface area contributed by atoms with E-state index in [0.29, 0.717) is 11.3 Å². The highest BCUT2D eigenvalue weighted by molar-refractivity contribution is 7.26. The van der Waals surface area contributed by atoms with Crippen LogP contribution in [0.2, 0.25) is 0 Å². The fourth-order valence-corrected chi connectivity index (χ4v) is 8.85. The molecule has 0 saturated carbocycles. The molecule has 0 spiro atoms. The molecule has 0 saturated heterocycles. The Morgan fingerprint density at radius 2 is 1.29 bits per heavy atom. The summed E-state index contributed by atoms with van der Waals surface area (Å²) < 4.78 is 7.22. The maximum Gasteiger partial charge on any atom is 0.188 e. The molecule has 0 bridgehead atoms. The molecule has 0 amide bonds. The number of nitriles is 1. The Morgan fingerprint density at radius 3 is 2.14 bits per heavy atom. The van der Waals surface area contributed by atoms with Crippen molar-refractivity contribution in [2.75, 3.05) is 0 Å². The van der Waals surface area contributed by atoms with E-state index in [9.17, 15) is 5.26 Å². The van der Waals surface area contributed by atoms with Gasteiger partial charge in [0.2, 0.25) is 0 Å². The molecule has 0 aliphatic heterocycles. The molecule has 0 aliphatic carbocycles. The molecule has 49 heavy (non-hydrogen) atoms. The Morgan fingerprint density at radius 1 is 0.571 bits per heavy atom. The van der Waals surface area contributed by atoms with Crippen molar-refractivity contribution in [1.29, 1.82) is 5.26 Å². The van der Waals surface area contributed by atoms with Gasteiger partial charge in [-0.05, 0) is 71.6 Å². The highest BCUT2D eigenvalue weighted by Crippen LogP contribution is 2.45. The molecule has 10 aromatic rings. The van der Waals surface area contributed by atoms with Crippen molar-refractivity contribution in [1.82, 2.24) is 9.13 Å². The van der Waals surface area contributed by atoms with E-state index in [1.54, 1.807) is 0 Å². The van der Waals surface area contributed by atoms with Gasteiger partial charge in [-0.2, -0.15) is 5.26 Å². The number of para-hydroxylation sites is 2. The fourth-order valence-electron chi connectivity index (χ4n) is 7.61. The zero-order chi connectivity index (χ0) is 32.6. The number of fused-ring (bicyclic) bond motifs is 10. The SMILES string of the molecule is [C-]#[N+]c1ccc2c(c1)c1ccccc1n2-c1cc(C#N)ccc1-c1ccc2c(c1)c1ccc3c4ccccc4sc3c1n2-c1ccccc1. The lowest BCUT2D eigenvalue weighted by Crippen LogP contribution is -1.98. The van der Waals surface area contributed by atoms with Crippen LogP contribution < -0.4 is 0 Å². The summed E-state index contributed by atoms with van der Waals surface area (Å²) >= 11 is 1.85. The van der Waals surface area contributed by atoms with Crippen LogP contribution in [0.5, 0.6) is 0 Å². The van der Waals surface area contributed by atoms with Crippen molar-refractivity contribution in [3.8, 4) is 28.6 Å². The summed E-state index contributed by atoms with van der Waals surface area (Å²) in [5.74, 6) is 0. The van der Waals surface area contributed by atoms with Gasteiger partial charge in [0.05, 0.1) is 50.7 Å². The molecule has 0 atom stereocenters. The molecular weight excluding hydrogens is 617 g/mol. The minimum absolute atomic E-state index is 0.594. The Balaban J connectivity index is 1.29. The Bertz CT molecular complexity index is 3070. The number of hydrogen-bond acceptors (Lipinski definition) is 2. The minimum Gasteiger partial charge on any atom is -0.309 e. The summed E-state index contributed by atoms with van der Waals surface area (Å²) in [4.78, 5) is 3.71. The van der Waals surface area contributed by atoms with E-state index in [0.717, 1.165) is 49.8 Å². The standard InChI is InChI=1S/C44H24N4S/c1-46-29-17-22-40-37(25-29)32-11-5-7-13-38(32)48(40)41-23-27(26-45)15-18-31(41)28-16-21-39-36(24-28)34-19-20-35-33-12-6-8-14-42(33)49-44(35)43(34)47(39)30-9-3-2-4-10-30/h2-25H. The molecule has 0 N–H and O–H groups in total. The molecule has 0 aliphatic rings. The van der Waals surface area contributed by atoms with Crippen LogP contribution >= 0.6 is 11.3 Å². The average Bonchev–Trinajstić information content (AvgIpc) is 3.82. The zero-order valence-electron chi connectivity index (χ0n) is 26.1. The van der Waals surface area contributed by atoms with Gasteiger partial charge in [0.15, 0.2) is 5.69 Å². The summed E-state index contributed by atoms with van der Waals surface area (Å²) in [6.07, 6.45) is 0. The predicted octanol–water partition coefficient (Wildman–Crippen LogP) is 12.3. The fraction of sp³-hybridized carbons (Fsp3) is 0. The first-order valence-electron chi connectivity index (χ1n) is 16.1. The van der Waals surface area contributed by atoms with Gasteiger partial charge in [0.1, 0.15) is 0 Å². The van der Waals surface area contributed by atoms with E-state index >= 15 is 0 Å². The van der Waals surface area contributed by atoms with Crippen LogP contribution in [0, 0.1) is 17.9 Å². The maximum atomic E-state index is 10.0. The van der Waals surface area contributed by atoms with Gasteiger partial charge in [-0.3, -0.25) is 0 Å². The first kappa shape index (κ1) is 27.5. The number of aromatic nitrogens is 2. The van der Waals surface area contributed by atoms with Crippen LogP contribution in [0.3, 0.4) is 0 Å². The summed E-state index contributed by atoms with van der Waals surface area (Å²) in [7, 11) is 0. The second kappa shape index (κ2) is 10.4. The van der Waals surface area contributed by atoms with E-state index < -0.39 is 0 Å². The highest BCUT2D eigenvalue weighted by atomic mass is 32.1. The normalized spacial score (nSPS) is 11.6. The van der Waals surface area contributed by atoms with Crippen LogP contribution in [0.15, 0.2) is 146 Å². The summed E-state index contributed by atoms with van der Waals surface area (Å²) in [6, 6.07) is 53.1. The predicted molar refractivity (Wildman–Crippen MR) is 204 cm³/mol. The number of hydrogen-bond donors (Lipinski definition) is 0. The van der Waals surface area contributed by atoms with Crippen molar-refractivity contribution in [3.63, 3.8) is 0 Å². The van der Waals surface area contributed by atoms with Crippen LogP contribution in [0.1, 0.15) is 5.56 Å². The molecule has 4 nitrogen and oxygen atoms in total. The van der Waals surface area contributed by atoms with Crippen LogP contribution in [0.25, 0.3) is 91.1 Å². The molecule has 226 valence electrons. The topological polar surface area (TPSA) is 38.0 Å². The van der Waals surface area contributed by atoms with Gasteiger partial charge in [-0.25, -0.2) is 4.85 Å². The summed E-state index contributed by atoms with van der Waals surface area (Å²) in [5, 5.41) is 17.1. The van der Waals surface area contributed by atoms with Crippen molar-refractivity contribution in [2.45, 2.75) is 0 Å². The third-order valence-electron chi connectivity index (χ3n) is 9.75. The van der Waals surface area contributed by atoms with E-state index in [2.05, 4.69) is 123 Å². The second-order valence-electron chi connectivity index (χ2n) is 12.3. The number of thiophene rings is 1. The van der Waals surface area contributed by atoms with Crippen molar-refractivity contribution in [3.05, 3.63) is 163 Å². The first-order chi connectivity index (χ1) is 24.2. The Labute approximate surface area is 285 Å². The zero-order valence-corrected chi connectivity index (χ0v) is 26.9. The highest BCUT2D eigenvalue weighted by Gasteiger charge is 2.21. The van der Waals surface area contributed by atoms with E-state index in [-0.39, 0.29) is 0 Å². The number of benzene rings is 7. The lowest BCUT2D eigenvalue weighted by Gasteiger charge is -2.15. The average molecular weight is 641 g/mol. The largest absolute Gasteiger partial charge is 0.309 e. The van der Waals surface area contributed by atoms with E-state index in [1.165, 1.54) is 36.5 Å². The minimum atomic E-state index is 0.594. The van der Waals surface area contributed by atoms with Crippen molar-refractivity contribution < 1.29 is 0 Å². The quantitative estimate of drug-likeness (QED) is 0.177. The maximum absolute atomic E-state index is 10.0. The number of rotatable bonds is 3. The monoisotopic (exact) mass is 640 g/mol. The molecule has 0 fully saturated rings. The van der Waals surface area contributed by atoms with Gasteiger partial charge in [-0.1, -0.05) is 84.9 Å². The van der Waals surface area contributed by atoms with E-state index in [1.807, 2.05) is 53.8 Å². The van der Waals surface area contributed by atoms with Crippen LogP contribution in [0.4, 0.5) is 5.69 Å². The molecule has 5 heteroatoms.